The highest BCUT2D eigenvalue weighted by molar-refractivity contribution is 6.06. The van der Waals surface area contributed by atoms with Crippen LogP contribution < -0.4 is 5.32 Å². The Balaban J connectivity index is 1.44. The predicted octanol–water partition coefficient (Wildman–Crippen LogP) is 7.02. The molecule has 0 spiro atoms. The van der Waals surface area contributed by atoms with Crippen LogP contribution in [-0.4, -0.2) is 27.8 Å². The number of aromatic nitrogens is 1. The van der Waals surface area contributed by atoms with E-state index in [1.807, 2.05) is 43.3 Å². The van der Waals surface area contributed by atoms with Gasteiger partial charge in [0.2, 0.25) is 0 Å². The van der Waals surface area contributed by atoms with Gasteiger partial charge in [-0.3, -0.25) is 9.78 Å². The molecule has 2 N–H and O–H groups in total. The van der Waals surface area contributed by atoms with Crippen LogP contribution in [0.4, 0.5) is 18.9 Å². The van der Waals surface area contributed by atoms with Crippen molar-refractivity contribution in [3.63, 3.8) is 0 Å². The van der Waals surface area contributed by atoms with E-state index in [-0.39, 0.29) is 24.2 Å². The summed E-state index contributed by atoms with van der Waals surface area (Å²) >= 11 is 0. The fourth-order valence-electron chi connectivity index (χ4n) is 6.30. The smallest absolute Gasteiger partial charge is 0.389 e. The number of halogens is 3. The van der Waals surface area contributed by atoms with Crippen LogP contribution in [0.25, 0.3) is 0 Å². The van der Waals surface area contributed by atoms with Gasteiger partial charge in [-0.05, 0) is 92.7 Å². The quantitative estimate of drug-likeness (QED) is 0.429. The minimum absolute atomic E-state index is 0.0210. The fourth-order valence-corrected chi connectivity index (χ4v) is 6.30. The van der Waals surface area contributed by atoms with Gasteiger partial charge in [-0.15, -0.1) is 0 Å². The van der Waals surface area contributed by atoms with Gasteiger partial charge in [0.05, 0.1) is 17.0 Å². The van der Waals surface area contributed by atoms with Crippen LogP contribution in [0.2, 0.25) is 0 Å². The summed E-state index contributed by atoms with van der Waals surface area (Å²) in [6, 6.07) is 13.7. The first-order valence-corrected chi connectivity index (χ1v) is 13.3. The van der Waals surface area contributed by atoms with E-state index in [0.717, 1.165) is 36.1 Å². The first-order valence-electron chi connectivity index (χ1n) is 13.3. The third kappa shape index (κ3) is 5.93. The van der Waals surface area contributed by atoms with Crippen LogP contribution in [0.1, 0.15) is 56.2 Å². The van der Waals surface area contributed by atoms with Crippen molar-refractivity contribution in [3.05, 3.63) is 94.4 Å². The molecule has 2 unspecified atom stereocenters. The Morgan fingerprint density at radius 1 is 1.16 bits per heavy atom. The number of rotatable bonds is 6. The molecule has 1 amide bonds. The number of aryl methyl sites for hydroxylation is 1. The van der Waals surface area contributed by atoms with E-state index in [1.54, 1.807) is 12.3 Å². The van der Waals surface area contributed by atoms with Gasteiger partial charge in [-0.25, -0.2) is 0 Å². The summed E-state index contributed by atoms with van der Waals surface area (Å²) in [4.78, 5) is 17.6. The second kappa shape index (κ2) is 10.5. The second-order valence-corrected chi connectivity index (χ2v) is 10.9. The van der Waals surface area contributed by atoms with Crippen LogP contribution in [0.15, 0.2) is 83.1 Å². The maximum Gasteiger partial charge on any atom is 0.389 e. The fraction of sp³-hybridized carbons (Fsp3) is 0.419. The minimum atomic E-state index is -4.27. The number of nitrogens with zero attached hydrogens (tertiary/aromatic N) is 1. The van der Waals surface area contributed by atoms with Crippen LogP contribution in [-0.2, 0) is 11.2 Å². The zero-order chi connectivity index (χ0) is 26.9. The van der Waals surface area contributed by atoms with Crippen LogP contribution in [0.5, 0.6) is 0 Å². The SMILES string of the molecule is Cc1ncccc1NC(=O)C1=C[C@@H](Cc2ccccc2)C2=C3CCC(O)(CCC(F)(F)F)CC3CCC2=C1. The molecule has 200 valence electrons. The lowest BCUT2D eigenvalue weighted by Gasteiger charge is -2.44. The van der Waals surface area contributed by atoms with Crippen LogP contribution in [0.3, 0.4) is 0 Å². The first-order chi connectivity index (χ1) is 18.1. The molecular formula is C31H33F3N2O2. The molecular weight excluding hydrogens is 489 g/mol. The number of carbonyl (C=O) groups is 1. The Labute approximate surface area is 221 Å². The van der Waals surface area contributed by atoms with Gasteiger partial charge in [-0.1, -0.05) is 42.0 Å². The summed E-state index contributed by atoms with van der Waals surface area (Å²) in [6.07, 6.45) is 3.75. The molecule has 38 heavy (non-hydrogen) atoms. The van der Waals surface area contributed by atoms with Gasteiger partial charge in [-0.2, -0.15) is 13.2 Å². The van der Waals surface area contributed by atoms with Gasteiger partial charge >= 0.3 is 6.18 Å². The Hall–Kier alpha value is -3.19. The highest BCUT2D eigenvalue weighted by Gasteiger charge is 2.43. The number of nitrogens with one attached hydrogen (secondary N) is 1. The third-order valence-corrected chi connectivity index (χ3v) is 8.20. The number of hydrogen-bond donors (Lipinski definition) is 2. The molecule has 3 aliphatic rings. The molecule has 1 heterocycles. The number of pyridine rings is 1. The maximum absolute atomic E-state index is 13.3. The molecule has 7 heteroatoms. The molecule has 4 nitrogen and oxygen atoms in total. The zero-order valence-corrected chi connectivity index (χ0v) is 21.5. The van der Waals surface area contributed by atoms with E-state index in [9.17, 15) is 23.1 Å². The van der Waals surface area contributed by atoms with Gasteiger partial charge in [0.1, 0.15) is 0 Å². The molecule has 1 aromatic carbocycles. The van der Waals surface area contributed by atoms with Crippen molar-refractivity contribution in [1.82, 2.24) is 4.98 Å². The van der Waals surface area contributed by atoms with Gasteiger partial charge in [0.15, 0.2) is 0 Å². The third-order valence-electron chi connectivity index (χ3n) is 8.20. The average Bonchev–Trinajstić information content (AvgIpc) is 2.88. The number of aliphatic hydroxyl groups is 1. The molecule has 0 radical (unpaired) electrons. The molecule has 0 aliphatic heterocycles. The largest absolute Gasteiger partial charge is 0.390 e. The van der Waals surface area contributed by atoms with Gasteiger partial charge < -0.3 is 10.4 Å². The summed E-state index contributed by atoms with van der Waals surface area (Å²) in [5.74, 6) is -0.135. The zero-order valence-electron chi connectivity index (χ0n) is 21.5. The number of benzene rings is 1. The van der Waals surface area contributed by atoms with Crippen molar-refractivity contribution in [2.75, 3.05) is 5.32 Å². The Kier molecular flexibility index (Phi) is 7.32. The lowest BCUT2D eigenvalue weighted by atomic mass is 9.63. The second-order valence-electron chi connectivity index (χ2n) is 10.9. The summed E-state index contributed by atoms with van der Waals surface area (Å²) in [7, 11) is 0. The predicted molar refractivity (Wildman–Crippen MR) is 141 cm³/mol. The molecule has 3 aliphatic carbocycles. The summed E-state index contributed by atoms with van der Waals surface area (Å²) in [5, 5.41) is 14.0. The van der Waals surface area contributed by atoms with Crippen LogP contribution in [0, 0.1) is 18.8 Å². The minimum Gasteiger partial charge on any atom is -0.390 e. The van der Waals surface area contributed by atoms with E-state index in [0.29, 0.717) is 30.5 Å². The van der Waals surface area contributed by atoms with Crippen molar-refractivity contribution in [1.29, 1.82) is 0 Å². The van der Waals surface area contributed by atoms with Crippen molar-refractivity contribution in [3.8, 4) is 0 Å². The number of amides is 1. The molecule has 1 fully saturated rings. The number of allylic oxidation sites excluding steroid dienone is 4. The van der Waals surface area contributed by atoms with Crippen molar-refractivity contribution in [2.45, 2.75) is 70.1 Å². The summed E-state index contributed by atoms with van der Waals surface area (Å²) < 4.78 is 38.7. The molecule has 5 rings (SSSR count). The molecule has 1 aromatic heterocycles. The average molecular weight is 523 g/mol. The highest BCUT2D eigenvalue weighted by atomic mass is 19.4. The number of alkyl halides is 3. The lowest BCUT2D eigenvalue weighted by Crippen LogP contribution is -2.39. The van der Waals surface area contributed by atoms with Crippen LogP contribution >= 0.6 is 0 Å². The summed E-state index contributed by atoms with van der Waals surface area (Å²) in [6.45, 7) is 1.85. The number of hydrogen-bond acceptors (Lipinski definition) is 3. The van der Waals surface area contributed by atoms with E-state index in [2.05, 4.69) is 22.4 Å². The van der Waals surface area contributed by atoms with Gasteiger partial charge in [0.25, 0.3) is 5.91 Å². The monoisotopic (exact) mass is 522 g/mol. The Morgan fingerprint density at radius 3 is 2.68 bits per heavy atom. The Morgan fingerprint density at radius 2 is 1.95 bits per heavy atom. The molecule has 0 bridgehead atoms. The van der Waals surface area contributed by atoms with E-state index < -0.39 is 18.2 Å². The Bertz CT molecular complexity index is 1300. The van der Waals surface area contributed by atoms with E-state index in [4.69, 9.17) is 0 Å². The normalized spacial score (nSPS) is 25.2. The number of anilines is 1. The van der Waals surface area contributed by atoms with Crippen molar-refractivity contribution >= 4 is 11.6 Å². The lowest BCUT2D eigenvalue weighted by molar-refractivity contribution is -0.149. The van der Waals surface area contributed by atoms with Crippen molar-refractivity contribution in [2.24, 2.45) is 11.8 Å². The number of fused-ring (bicyclic) bond motifs is 2. The van der Waals surface area contributed by atoms with Crippen molar-refractivity contribution < 1.29 is 23.1 Å². The van der Waals surface area contributed by atoms with E-state index >= 15 is 0 Å². The number of carbonyl (C=O) groups excluding carboxylic acids is 1. The highest BCUT2D eigenvalue weighted by Crippen LogP contribution is 2.51. The topological polar surface area (TPSA) is 62.2 Å². The first kappa shape index (κ1) is 26.4. The summed E-state index contributed by atoms with van der Waals surface area (Å²) in [5.41, 5.74) is 5.51. The molecule has 3 atom stereocenters. The standard InChI is InChI=1S/C31H33F3N2O2/c1-20-27(8-5-15-35-20)36-29(37)25-17-22-9-10-23-19-30(38,13-14-31(32,33)34)12-11-26(23)28(22)24(18-25)16-21-6-3-2-4-7-21/h2-8,15,17-18,23-24,38H,9-14,16,19H2,1H3,(H,36,37)/t23?,24-,30?/m1/s1. The maximum atomic E-state index is 13.3. The molecule has 0 saturated heterocycles. The van der Waals surface area contributed by atoms with Gasteiger partial charge in [0, 0.05) is 24.1 Å². The molecule has 2 aromatic rings. The molecule has 1 saturated carbocycles. The van der Waals surface area contributed by atoms with E-state index in [1.165, 1.54) is 11.1 Å².